The molecule has 0 radical (unpaired) electrons. The highest BCUT2D eigenvalue weighted by Crippen LogP contribution is 2.35. The van der Waals surface area contributed by atoms with Crippen molar-refractivity contribution >= 4 is 0 Å². The summed E-state index contributed by atoms with van der Waals surface area (Å²) in [5.74, 6) is 0. The van der Waals surface area contributed by atoms with E-state index in [2.05, 4.69) is 43.4 Å². The molecule has 1 aromatic carbocycles. The van der Waals surface area contributed by atoms with Gasteiger partial charge in [0.05, 0.1) is 5.60 Å². The van der Waals surface area contributed by atoms with Crippen molar-refractivity contribution in [2.45, 2.75) is 70.1 Å². The van der Waals surface area contributed by atoms with Crippen LogP contribution in [-0.4, -0.2) is 18.2 Å². The lowest BCUT2D eigenvalue weighted by molar-refractivity contribution is -0.0941. The third-order valence-corrected chi connectivity index (χ3v) is 5.35. The fourth-order valence-corrected chi connectivity index (χ4v) is 3.93. The number of rotatable bonds is 4. The summed E-state index contributed by atoms with van der Waals surface area (Å²) in [6.45, 7) is 5.43. The van der Waals surface area contributed by atoms with Gasteiger partial charge in [0, 0.05) is 18.7 Å². The molecular formula is C18H27NO. The molecule has 2 aliphatic rings. The van der Waals surface area contributed by atoms with E-state index in [1.54, 1.807) is 0 Å². The molecule has 1 heterocycles. The Morgan fingerprint density at radius 2 is 2.00 bits per heavy atom. The van der Waals surface area contributed by atoms with Crippen molar-refractivity contribution in [2.24, 2.45) is 0 Å². The predicted molar refractivity (Wildman–Crippen MR) is 82.9 cm³/mol. The van der Waals surface area contributed by atoms with Crippen LogP contribution in [0.2, 0.25) is 0 Å². The number of ether oxygens (including phenoxy) is 1. The van der Waals surface area contributed by atoms with E-state index >= 15 is 0 Å². The van der Waals surface area contributed by atoms with Crippen molar-refractivity contribution < 1.29 is 4.74 Å². The highest BCUT2D eigenvalue weighted by molar-refractivity contribution is 5.34. The summed E-state index contributed by atoms with van der Waals surface area (Å²) in [6, 6.07) is 10.1. The number of aryl methyl sites for hydroxylation is 1. The van der Waals surface area contributed by atoms with Gasteiger partial charge in [-0.3, -0.25) is 0 Å². The van der Waals surface area contributed by atoms with Crippen molar-refractivity contribution in [2.75, 3.05) is 6.61 Å². The standard InChI is InChI=1S/C18H27NO/c1-3-18(4-2)13-15(11-12-20-18)19-17-10-9-14-7-5-6-8-16(14)17/h5-8,15,17,19H,3-4,9-13H2,1-2H3. The van der Waals surface area contributed by atoms with Gasteiger partial charge in [0.15, 0.2) is 0 Å². The molecule has 0 aromatic heterocycles. The van der Waals surface area contributed by atoms with E-state index in [-0.39, 0.29) is 5.60 Å². The second-order valence-corrected chi connectivity index (χ2v) is 6.39. The SMILES string of the molecule is CCC1(CC)CC(NC2CCc3ccccc32)CCO1. The topological polar surface area (TPSA) is 21.3 Å². The Morgan fingerprint density at radius 3 is 2.80 bits per heavy atom. The second-order valence-electron chi connectivity index (χ2n) is 6.39. The number of benzene rings is 1. The second kappa shape index (κ2) is 5.87. The fourth-order valence-electron chi connectivity index (χ4n) is 3.93. The molecule has 1 aliphatic heterocycles. The van der Waals surface area contributed by atoms with Gasteiger partial charge in [-0.1, -0.05) is 38.1 Å². The van der Waals surface area contributed by atoms with Crippen LogP contribution in [0.25, 0.3) is 0 Å². The zero-order valence-corrected chi connectivity index (χ0v) is 12.8. The lowest BCUT2D eigenvalue weighted by atomic mass is 9.85. The first-order valence-electron chi connectivity index (χ1n) is 8.24. The molecule has 1 aliphatic carbocycles. The first-order valence-corrected chi connectivity index (χ1v) is 8.24. The molecule has 20 heavy (non-hydrogen) atoms. The minimum atomic E-state index is 0.119. The van der Waals surface area contributed by atoms with Gasteiger partial charge in [0.2, 0.25) is 0 Å². The van der Waals surface area contributed by atoms with Gasteiger partial charge >= 0.3 is 0 Å². The molecule has 1 saturated heterocycles. The lowest BCUT2D eigenvalue weighted by Crippen LogP contribution is -2.47. The average Bonchev–Trinajstić information content (AvgIpc) is 2.91. The zero-order chi connectivity index (χ0) is 14.0. The van der Waals surface area contributed by atoms with Crippen LogP contribution in [-0.2, 0) is 11.2 Å². The van der Waals surface area contributed by atoms with E-state index in [9.17, 15) is 0 Å². The van der Waals surface area contributed by atoms with Crippen molar-refractivity contribution in [3.63, 3.8) is 0 Å². The largest absolute Gasteiger partial charge is 0.375 e. The molecule has 110 valence electrons. The number of nitrogens with one attached hydrogen (secondary N) is 1. The minimum Gasteiger partial charge on any atom is -0.375 e. The minimum absolute atomic E-state index is 0.119. The summed E-state index contributed by atoms with van der Waals surface area (Å²) in [7, 11) is 0. The average molecular weight is 273 g/mol. The summed E-state index contributed by atoms with van der Waals surface area (Å²) >= 11 is 0. The van der Waals surface area contributed by atoms with Crippen LogP contribution < -0.4 is 5.32 Å². The van der Waals surface area contributed by atoms with Gasteiger partial charge < -0.3 is 10.1 Å². The molecule has 3 rings (SSSR count). The smallest absolute Gasteiger partial charge is 0.0692 e. The monoisotopic (exact) mass is 273 g/mol. The predicted octanol–water partition coefficient (Wildman–Crippen LogP) is 4.00. The number of hydrogen-bond donors (Lipinski definition) is 1. The fraction of sp³-hybridized carbons (Fsp3) is 0.667. The van der Waals surface area contributed by atoms with Crippen molar-refractivity contribution in [1.82, 2.24) is 5.32 Å². The normalized spacial score (nSPS) is 28.3. The maximum absolute atomic E-state index is 6.09. The van der Waals surface area contributed by atoms with E-state index in [0.717, 1.165) is 25.9 Å². The molecule has 1 N–H and O–H groups in total. The molecule has 0 spiro atoms. The van der Waals surface area contributed by atoms with Crippen LogP contribution in [0.3, 0.4) is 0 Å². The van der Waals surface area contributed by atoms with E-state index in [1.165, 1.54) is 30.4 Å². The third-order valence-electron chi connectivity index (χ3n) is 5.35. The van der Waals surface area contributed by atoms with Gasteiger partial charge in [-0.2, -0.15) is 0 Å². The van der Waals surface area contributed by atoms with Crippen LogP contribution in [0.5, 0.6) is 0 Å². The van der Waals surface area contributed by atoms with E-state index in [4.69, 9.17) is 4.74 Å². The summed E-state index contributed by atoms with van der Waals surface area (Å²) in [6.07, 6.45) is 7.05. The first-order chi connectivity index (χ1) is 9.76. The molecular weight excluding hydrogens is 246 g/mol. The quantitative estimate of drug-likeness (QED) is 0.895. The van der Waals surface area contributed by atoms with Gasteiger partial charge in [-0.15, -0.1) is 0 Å². The Labute approximate surface area is 122 Å². The highest BCUT2D eigenvalue weighted by atomic mass is 16.5. The summed E-state index contributed by atoms with van der Waals surface area (Å²) < 4.78 is 6.09. The molecule has 0 amide bonds. The highest BCUT2D eigenvalue weighted by Gasteiger charge is 2.36. The summed E-state index contributed by atoms with van der Waals surface area (Å²) in [5, 5.41) is 3.92. The Kier molecular flexibility index (Phi) is 4.13. The molecule has 2 atom stereocenters. The Bertz CT molecular complexity index is 452. The van der Waals surface area contributed by atoms with Crippen molar-refractivity contribution in [3.8, 4) is 0 Å². The Hall–Kier alpha value is -0.860. The molecule has 1 aromatic rings. The lowest BCUT2D eigenvalue weighted by Gasteiger charge is -2.41. The van der Waals surface area contributed by atoms with Crippen molar-refractivity contribution in [3.05, 3.63) is 35.4 Å². The van der Waals surface area contributed by atoms with Gasteiger partial charge in [0.25, 0.3) is 0 Å². The van der Waals surface area contributed by atoms with Gasteiger partial charge in [-0.25, -0.2) is 0 Å². The molecule has 1 fully saturated rings. The first kappa shape index (κ1) is 14.1. The van der Waals surface area contributed by atoms with Crippen LogP contribution in [0.1, 0.15) is 63.1 Å². The molecule has 2 heteroatoms. The van der Waals surface area contributed by atoms with E-state index in [0.29, 0.717) is 12.1 Å². The van der Waals surface area contributed by atoms with E-state index in [1.807, 2.05) is 0 Å². The molecule has 2 unspecified atom stereocenters. The third kappa shape index (κ3) is 2.64. The summed E-state index contributed by atoms with van der Waals surface area (Å²) in [4.78, 5) is 0. The maximum atomic E-state index is 6.09. The van der Waals surface area contributed by atoms with Crippen LogP contribution in [0.4, 0.5) is 0 Å². The number of fused-ring (bicyclic) bond motifs is 1. The van der Waals surface area contributed by atoms with Crippen LogP contribution >= 0.6 is 0 Å². The maximum Gasteiger partial charge on any atom is 0.0692 e. The summed E-state index contributed by atoms with van der Waals surface area (Å²) in [5.41, 5.74) is 3.18. The van der Waals surface area contributed by atoms with Gasteiger partial charge in [0.1, 0.15) is 0 Å². The number of hydrogen-bond acceptors (Lipinski definition) is 2. The molecule has 0 saturated carbocycles. The Morgan fingerprint density at radius 1 is 1.20 bits per heavy atom. The van der Waals surface area contributed by atoms with E-state index < -0.39 is 0 Å². The molecule has 0 bridgehead atoms. The van der Waals surface area contributed by atoms with Gasteiger partial charge in [-0.05, 0) is 49.7 Å². The zero-order valence-electron chi connectivity index (χ0n) is 12.8. The molecule has 2 nitrogen and oxygen atoms in total. The van der Waals surface area contributed by atoms with Crippen LogP contribution in [0.15, 0.2) is 24.3 Å². The van der Waals surface area contributed by atoms with Crippen molar-refractivity contribution in [1.29, 1.82) is 0 Å². The van der Waals surface area contributed by atoms with Crippen LogP contribution in [0, 0.1) is 0 Å². The Balaban J connectivity index is 1.67.